The summed E-state index contributed by atoms with van der Waals surface area (Å²) in [5.74, 6) is -0.768. The van der Waals surface area contributed by atoms with Crippen LogP contribution in [0.15, 0.2) is 0 Å². The third-order valence-corrected chi connectivity index (χ3v) is 16.6. The first-order valence-corrected chi connectivity index (χ1v) is 35.3. The molecule has 0 aromatic heterocycles. The van der Waals surface area contributed by atoms with Gasteiger partial charge in [-0.2, -0.15) is 0 Å². The molecule has 0 rings (SSSR count). The first-order chi connectivity index (χ1) is 37.0. The Hall–Kier alpha value is -0.990. The standard InChI is InChI=1S/C66H132NO8P/c1-6-8-10-12-14-16-18-20-22-24-26-28-30-32-33-34-35-37-39-41-43-45-47-49-51-53-55-57-59-66(69)75-64(63-74-76(70,71)73-61-60-67(3,4)5)62-72-65(68)58-56-54-52-50-48-46-44-42-40-38-36-31-29-27-25-23-21-19-17-15-13-11-9-7-2/h64H,6-63H2,1-5H3/p+1. The highest BCUT2D eigenvalue weighted by atomic mass is 31.2. The summed E-state index contributed by atoms with van der Waals surface area (Å²) in [6.45, 7) is 4.53. The second kappa shape index (κ2) is 58.7. The van der Waals surface area contributed by atoms with Gasteiger partial charge in [0.05, 0.1) is 27.7 Å². The van der Waals surface area contributed by atoms with Crippen LogP contribution in [0.25, 0.3) is 0 Å². The van der Waals surface area contributed by atoms with Crippen LogP contribution in [0.2, 0.25) is 0 Å². The third kappa shape index (κ3) is 62.2. The molecule has 2 atom stereocenters. The van der Waals surface area contributed by atoms with Crippen LogP contribution in [0.1, 0.15) is 361 Å². The van der Waals surface area contributed by atoms with E-state index in [9.17, 15) is 19.0 Å². The maximum Gasteiger partial charge on any atom is 0.472 e. The van der Waals surface area contributed by atoms with E-state index in [1.54, 1.807) is 0 Å². The molecule has 0 saturated heterocycles. The SMILES string of the molecule is CCCCCCCCCCCCCCCCCCCCCCCCCCCCCCC(=O)OC(COC(=O)CCCCCCCCCCCCCCCCCCCCCCCCCC)COP(=O)(O)OCC[N+](C)(C)C. The number of quaternary nitrogens is 1. The molecule has 9 nitrogen and oxygen atoms in total. The number of nitrogens with zero attached hydrogens (tertiary/aromatic N) is 1. The lowest BCUT2D eigenvalue weighted by Gasteiger charge is -2.24. The summed E-state index contributed by atoms with van der Waals surface area (Å²) in [6.07, 6.45) is 69.2. The average molecular weight is 1100 g/mol. The summed E-state index contributed by atoms with van der Waals surface area (Å²) in [7, 11) is 1.51. The number of esters is 2. The van der Waals surface area contributed by atoms with Crippen molar-refractivity contribution in [3.8, 4) is 0 Å². The maximum atomic E-state index is 12.9. The summed E-state index contributed by atoms with van der Waals surface area (Å²) in [5.41, 5.74) is 0. The van der Waals surface area contributed by atoms with Crippen LogP contribution in [-0.2, 0) is 32.7 Å². The summed E-state index contributed by atoms with van der Waals surface area (Å²) >= 11 is 0. The second-order valence-corrected chi connectivity index (χ2v) is 26.0. The van der Waals surface area contributed by atoms with Crippen molar-refractivity contribution in [3.63, 3.8) is 0 Å². The fraction of sp³-hybridized carbons (Fsp3) is 0.970. The minimum atomic E-state index is -4.38. The zero-order valence-corrected chi connectivity index (χ0v) is 52.7. The number of phosphoric acid groups is 1. The molecule has 76 heavy (non-hydrogen) atoms. The Morgan fingerprint density at radius 2 is 0.592 bits per heavy atom. The Bertz CT molecular complexity index is 1240. The Kier molecular flexibility index (Phi) is 57.9. The maximum absolute atomic E-state index is 12.9. The van der Waals surface area contributed by atoms with Crippen molar-refractivity contribution in [1.82, 2.24) is 0 Å². The van der Waals surface area contributed by atoms with Crippen molar-refractivity contribution in [2.24, 2.45) is 0 Å². The van der Waals surface area contributed by atoms with Gasteiger partial charge < -0.3 is 18.9 Å². The minimum Gasteiger partial charge on any atom is -0.462 e. The molecular weight excluding hydrogens is 966 g/mol. The number of hydrogen-bond donors (Lipinski definition) is 1. The van der Waals surface area contributed by atoms with Gasteiger partial charge in [-0.15, -0.1) is 0 Å². The fourth-order valence-corrected chi connectivity index (χ4v) is 11.2. The summed E-state index contributed by atoms with van der Waals surface area (Å²) < 4.78 is 34.7. The lowest BCUT2D eigenvalue weighted by atomic mass is 10.0. The highest BCUT2D eigenvalue weighted by molar-refractivity contribution is 7.47. The molecule has 0 bridgehead atoms. The molecule has 1 N–H and O–H groups in total. The summed E-state index contributed by atoms with van der Waals surface area (Å²) in [4.78, 5) is 35.8. The Labute approximate surface area is 474 Å². The van der Waals surface area contributed by atoms with E-state index in [4.69, 9.17) is 18.5 Å². The van der Waals surface area contributed by atoms with Gasteiger partial charge in [0.1, 0.15) is 19.8 Å². The number of carbonyl (C=O) groups excluding carboxylic acids is 2. The van der Waals surface area contributed by atoms with E-state index < -0.39 is 26.5 Å². The van der Waals surface area contributed by atoms with Gasteiger partial charge >= 0.3 is 19.8 Å². The van der Waals surface area contributed by atoms with Gasteiger partial charge in [0, 0.05) is 12.8 Å². The topological polar surface area (TPSA) is 108 Å². The molecule has 0 spiro atoms. The molecule has 0 radical (unpaired) electrons. The van der Waals surface area contributed by atoms with Crippen molar-refractivity contribution >= 4 is 19.8 Å². The monoisotopic (exact) mass is 1100 g/mol. The van der Waals surface area contributed by atoms with E-state index >= 15 is 0 Å². The smallest absolute Gasteiger partial charge is 0.462 e. The van der Waals surface area contributed by atoms with E-state index in [2.05, 4.69) is 13.8 Å². The molecule has 0 aliphatic rings. The molecule has 0 aromatic rings. The van der Waals surface area contributed by atoms with E-state index in [1.807, 2.05) is 21.1 Å². The predicted molar refractivity (Wildman–Crippen MR) is 326 cm³/mol. The molecule has 0 heterocycles. The molecule has 10 heteroatoms. The van der Waals surface area contributed by atoms with Crippen molar-refractivity contribution in [2.45, 2.75) is 367 Å². The zero-order valence-electron chi connectivity index (χ0n) is 51.8. The van der Waals surface area contributed by atoms with Crippen molar-refractivity contribution < 1.29 is 42.1 Å². The number of rotatable bonds is 64. The van der Waals surface area contributed by atoms with Crippen LogP contribution in [0, 0.1) is 0 Å². The predicted octanol–water partition coefficient (Wildman–Crippen LogP) is 21.4. The number of unbranched alkanes of at least 4 members (excludes halogenated alkanes) is 50. The quantitative estimate of drug-likeness (QED) is 0.0278. The normalized spacial score (nSPS) is 13.1. The Morgan fingerprint density at radius 1 is 0.355 bits per heavy atom. The van der Waals surface area contributed by atoms with Crippen molar-refractivity contribution in [1.29, 1.82) is 0 Å². The fourth-order valence-electron chi connectivity index (χ4n) is 10.4. The molecular formula is C66H133NO8P+. The Balaban J connectivity index is 4.00. The van der Waals surface area contributed by atoms with Gasteiger partial charge in [-0.05, 0) is 12.8 Å². The summed E-state index contributed by atoms with van der Waals surface area (Å²) in [5, 5.41) is 0. The average Bonchev–Trinajstić information content (AvgIpc) is 3.38. The molecule has 0 saturated carbocycles. The summed E-state index contributed by atoms with van der Waals surface area (Å²) in [6, 6.07) is 0. The lowest BCUT2D eigenvalue weighted by Crippen LogP contribution is -2.37. The second-order valence-electron chi connectivity index (χ2n) is 24.6. The van der Waals surface area contributed by atoms with E-state index in [0.29, 0.717) is 17.4 Å². The first-order valence-electron chi connectivity index (χ1n) is 33.8. The van der Waals surface area contributed by atoms with Crippen molar-refractivity contribution in [2.75, 3.05) is 47.5 Å². The third-order valence-electron chi connectivity index (χ3n) is 15.6. The number of phosphoric ester groups is 1. The van der Waals surface area contributed by atoms with E-state index in [-0.39, 0.29) is 25.6 Å². The van der Waals surface area contributed by atoms with E-state index in [1.165, 1.54) is 295 Å². The van der Waals surface area contributed by atoms with Gasteiger partial charge in [-0.25, -0.2) is 4.57 Å². The number of hydrogen-bond acceptors (Lipinski definition) is 7. The molecule has 0 fully saturated rings. The highest BCUT2D eigenvalue weighted by Crippen LogP contribution is 2.43. The van der Waals surface area contributed by atoms with Crippen LogP contribution in [0.5, 0.6) is 0 Å². The molecule has 454 valence electrons. The van der Waals surface area contributed by atoms with Crippen LogP contribution in [0.4, 0.5) is 0 Å². The molecule has 0 aromatic carbocycles. The van der Waals surface area contributed by atoms with Gasteiger partial charge in [0.15, 0.2) is 6.10 Å². The van der Waals surface area contributed by atoms with Crippen LogP contribution in [-0.4, -0.2) is 74.9 Å². The van der Waals surface area contributed by atoms with Gasteiger partial charge in [-0.3, -0.25) is 18.6 Å². The zero-order chi connectivity index (χ0) is 55.6. The van der Waals surface area contributed by atoms with Gasteiger partial charge in [0.25, 0.3) is 0 Å². The largest absolute Gasteiger partial charge is 0.472 e. The minimum absolute atomic E-state index is 0.0377. The highest BCUT2D eigenvalue weighted by Gasteiger charge is 2.27. The van der Waals surface area contributed by atoms with Crippen LogP contribution in [0.3, 0.4) is 0 Å². The molecule has 0 amide bonds. The van der Waals surface area contributed by atoms with Gasteiger partial charge in [0.2, 0.25) is 0 Å². The number of ether oxygens (including phenoxy) is 2. The molecule has 0 aliphatic heterocycles. The van der Waals surface area contributed by atoms with E-state index in [0.717, 1.165) is 38.5 Å². The molecule has 2 unspecified atom stereocenters. The van der Waals surface area contributed by atoms with Crippen LogP contribution >= 0.6 is 7.82 Å². The van der Waals surface area contributed by atoms with Crippen molar-refractivity contribution in [3.05, 3.63) is 0 Å². The van der Waals surface area contributed by atoms with Crippen LogP contribution < -0.4 is 0 Å². The van der Waals surface area contributed by atoms with Gasteiger partial charge in [-0.1, -0.05) is 335 Å². The first kappa shape index (κ1) is 75.0. The molecule has 0 aliphatic carbocycles. The lowest BCUT2D eigenvalue weighted by molar-refractivity contribution is -0.870. The Morgan fingerprint density at radius 3 is 0.842 bits per heavy atom. The number of carbonyl (C=O) groups is 2. The number of likely N-dealkylation sites (N-methyl/N-ethyl adjacent to an activating group) is 1.